The summed E-state index contributed by atoms with van der Waals surface area (Å²) in [7, 11) is 0. The molecule has 3 aromatic rings. The fourth-order valence-electron chi connectivity index (χ4n) is 2.33. The molecule has 1 N–H and O–H groups in total. The van der Waals surface area contributed by atoms with Crippen LogP contribution in [0.2, 0.25) is 0 Å². The van der Waals surface area contributed by atoms with E-state index in [-0.39, 0.29) is 33.4 Å². The summed E-state index contributed by atoms with van der Waals surface area (Å²) in [6.07, 6.45) is 0. The molecule has 0 atom stereocenters. The van der Waals surface area contributed by atoms with E-state index in [4.69, 9.17) is 4.74 Å². The van der Waals surface area contributed by atoms with E-state index in [0.29, 0.717) is 5.56 Å². The number of aryl methyl sites for hydroxylation is 1. The zero-order valence-electron chi connectivity index (χ0n) is 13.8. The molecule has 0 heterocycles. The first-order valence-electron chi connectivity index (χ1n) is 7.87. The van der Waals surface area contributed by atoms with E-state index in [9.17, 15) is 9.90 Å². The van der Waals surface area contributed by atoms with Crippen LogP contribution in [0.1, 0.15) is 21.5 Å². The van der Waals surface area contributed by atoms with Crippen molar-refractivity contribution in [2.24, 2.45) is 0 Å². The van der Waals surface area contributed by atoms with Crippen LogP contribution in [0, 0.1) is 14.1 Å². The Balaban J connectivity index is 1.63. The van der Waals surface area contributed by atoms with Crippen molar-refractivity contribution >= 4 is 5.97 Å². The van der Waals surface area contributed by atoms with Crippen LogP contribution in [0.3, 0.4) is 0 Å². The molecule has 3 aromatic carbocycles. The number of halogens is 1. The molecule has 0 fully saturated rings. The summed E-state index contributed by atoms with van der Waals surface area (Å²) in [5, 5.41) is 9.20. The van der Waals surface area contributed by atoms with Crippen LogP contribution in [0.15, 0.2) is 72.8 Å². The first kappa shape index (κ1) is 17.5. The van der Waals surface area contributed by atoms with Gasteiger partial charge >= 0.3 is 158 Å². The summed E-state index contributed by atoms with van der Waals surface area (Å²) in [5.74, 6) is -0.186. The Hall–Kier alpha value is -2.34. The molecule has 0 bridgehead atoms. The van der Waals surface area contributed by atoms with E-state index in [2.05, 4.69) is 43.3 Å². The Labute approximate surface area is 157 Å². The van der Waals surface area contributed by atoms with Crippen LogP contribution < -0.4 is 25.9 Å². The van der Waals surface area contributed by atoms with Crippen molar-refractivity contribution in [3.8, 4) is 5.75 Å². The minimum absolute atomic E-state index is 0.199. The van der Waals surface area contributed by atoms with Gasteiger partial charge in [-0.3, -0.25) is 0 Å². The molecular formula is C21H18IO3-. The Morgan fingerprint density at radius 3 is 2.16 bits per heavy atom. The standard InChI is InChI=1S/C21H18IO3/c1-15-6-8-17(9-7-15)22-18-10-12-19(13-11-18)25-14-16-4-2-3-5-20(16)21(23)24/h2-13H,14H2,1H3,(H,23,24)/q-1. The molecule has 0 saturated heterocycles. The van der Waals surface area contributed by atoms with E-state index >= 15 is 0 Å². The quantitative estimate of drug-likeness (QED) is 0.584. The van der Waals surface area contributed by atoms with Gasteiger partial charge in [-0.1, -0.05) is 0 Å². The molecular weight excluding hydrogens is 427 g/mol. The second-order valence-electron chi connectivity index (χ2n) is 5.59. The minimum atomic E-state index is -0.933. The number of ether oxygens (including phenoxy) is 1. The van der Waals surface area contributed by atoms with E-state index in [1.54, 1.807) is 18.2 Å². The Morgan fingerprint density at radius 1 is 0.920 bits per heavy atom. The topological polar surface area (TPSA) is 46.5 Å². The maximum absolute atomic E-state index is 11.2. The Bertz CT molecular complexity index is 855. The van der Waals surface area contributed by atoms with Crippen molar-refractivity contribution < 1.29 is 35.8 Å². The number of hydrogen-bond acceptors (Lipinski definition) is 2. The SMILES string of the molecule is Cc1ccc([I-]c2ccc(OCc3ccccc3C(=O)O)cc2)cc1. The number of carboxylic acid groups (broad SMARTS) is 1. The summed E-state index contributed by atoms with van der Waals surface area (Å²) in [4.78, 5) is 11.2. The van der Waals surface area contributed by atoms with Gasteiger partial charge in [0, 0.05) is 0 Å². The molecule has 0 aliphatic heterocycles. The normalized spacial score (nSPS) is 10.6. The van der Waals surface area contributed by atoms with Crippen molar-refractivity contribution in [2.75, 3.05) is 0 Å². The second-order valence-corrected chi connectivity index (χ2v) is 8.63. The molecule has 0 aliphatic rings. The van der Waals surface area contributed by atoms with E-state index < -0.39 is 5.97 Å². The fraction of sp³-hybridized carbons (Fsp3) is 0.0952. The average Bonchev–Trinajstić information content (AvgIpc) is 2.63. The molecule has 0 amide bonds. The molecule has 25 heavy (non-hydrogen) atoms. The number of hydrogen-bond donors (Lipinski definition) is 1. The van der Waals surface area contributed by atoms with Crippen LogP contribution in [0.5, 0.6) is 5.75 Å². The molecule has 128 valence electrons. The summed E-state index contributed by atoms with van der Waals surface area (Å²) in [6, 6.07) is 23.7. The first-order valence-corrected chi connectivity index (χ1v) is 10.0. The molecule has 0 aliphatic carbocycles. The van der Waals surface area contributed by atoms with Crippen LogP contribution in [-0.2, 0) is 6.61 Å². The predicted octanol–water partition coefficient (Wildman–Crippen LogP) is 1.40. The van der Waals surface area contributed by atoms with Gasteiger partial charge in [0.1, 0.15) is 0 Å². The maximum atomic E-state index is 11.2. The molecule has 0 radical (unpaired) electrons. The summed E-state index contributed by atoms with van der Waals surface area (Å²) in [5.41, 5.74) is 2.23. The van der Waals surface area contributed by atoms with E-state index in [0.717, 1.165) is 5.75 Å². The van der Waals surface area contributed by atoms with Gasteiger partial charge in [-0.2, -0.15) is 0 Å². The zero-order chi connectivity index (χ0) is 17.6. The molecule has 0 aromatic heterocycles. The third-order valence-electron chi connectivity index (χ3n) is 3.68. The molecule has 4 heteroatoms. The summed E-state index contributed by atoms with van der Waals surface area (Å²) in [6.45, 7) is 2.34. The van der Waals surface area contributed by atoms with E-state index in [1.807, 2.05) is 18.2 Å². The molecule has 3 nitrogen and oxygen atoms in total. The fourth-order valence-corrected chi connectivity index (χ4v) is 4.49. The monoisotopic (exact) mass is 445 g/mol. The summed E-state index contributed by atoms with van der Waals surface area (Å²) >= 11 is -0.199. The number of carbonyl (C=O) groups is 1. The Morgan fingerprint density at radius 2 is 1.52 bits per heavy atom. The van der Waals surface area contributed by atoms with E-state index in [1.165, 1.54) is 12.7 Å². The first-order chi connectivity index (χ1) is 12.1. The van der Waals surface area contributed by atoms with Gasteiger partial charge in [0.25, 0.3) is 0 Å². The number of carboxylic acids is 1. The third kappa shape index (κ3) is 4.82. The van der Waals surface area contributed by atoms with Gasteiger partial charge in [-0.15, -0.1) is 0 Å². The zero-order valence-corrected chi connectivity index (χ0v) is 15.9. The average molecular weight is 445 g/mol. The predicted molar refractivity (Wildman–Crippen MR) is 92.7 cm³/mol. The van der Waals surface area contributed by atoms with Gasteiger partial charge in [0.15, 0.2) is 0 Å². The molecule has 0 spiro atoms. The van der Waals surface area contributed by atoms with Gasteiger partial charge in [0.05, 0.1) is 0 Å². The van der Waals surface area contributed by atoms with Crippen LogP contribution in [0.4, 0.5) is 0 Å². The van der Waals surface area contributed by atoms with Crippen molar-refractivity contribution in [1.82, 2.24) is 0 Å². The molecule has 0 unspecified atom stereocenters. The Kier molecular flexibility index (Phi) is 5.71. The third-order valence-corrected chi connectivity index (χ3v) is 6.37. The second kappa shape index (κ2) is 8.16. The summed E-state index contributed by atoms with van der Waals surface area (Å²) < 4.78 is 8.46. The van der Waals surface area contributed by atoms with Crippen molar-refractivity contribution in [1.29, 1.82) is 0 Å². The van der Waals surface area contributed by atoms with Crippen LogP contribution >= 0.6 is 0 Å². The van der Waals surface area contributed by atoms with Crippen molar-refractivity contribution in [3.63, 3.8) is 0 Å². The number of rotatable bonds is 6. The number of benzene rings is 3. The van der Waals surface area contributed by atoms with Crippen molar-refractivity contribution in [3.05, 3.63) is 96.6 Å². The van der Waals surface area contributed by atoms with Gasteiger partial charge < -0.3 is 0 Å². The van der Waals surface area contributed by atoms with Crippen LogP contribution in [0.25, 0.3) is 0 Å². The number of aromatic carboxylic acids is 1. The molecule has 0 saturated carbocycles. The molecule has 3 rings (SSSR count). The van der Waals surface area contributed by atoms with Gasteiger partial charge in [-0.25, -0.2) is 0 Å². The van der Waals surface area contributed by atoms with Crippen molar-refractivity contribution in [2.45, 2.75) is 13.5 Å². The van der Waals surface area contributed by atoms with Crippen LogP contribution in [-0.4, -0.2) is 11.1 Å². The van der Waals surface area contributed by atoms with Gasteiger partial charge in [-0.05, 0) is 0 Å². The van der Waals surface area contributed by atoms with Gasteiger partial charge in [0.2, 0.25) is 0 Å².